The maximum Gasteiger partial charge on any atom is 0.146 e. The predicted molar refractivity (Wildman–Crippen MR) is 49.1 cm³/mol. The highest BCUT2D eigenvalue weighted by Gasteiger charge is 2.04. The summed E-state index contributed by atoms with van der Waals surface area (Å²) in [5, 5.41) is 0. The van der Waals surface area contributed by atoms with Crippen molar-refractivity contribution in [3.63, 3.8) is 0 Å². The van der Waals surface area contributed by atoms with Gasteiger partial charge in [-0.2, -0.15) is 0 Å². The summed E-state index contributed by atoms with van der Waals surface area (Å²) in [7, 11) is 0.833. The van der Waals surface area contributed by atoms with Gasteiger partial charge in [0.1, 0.15) is 10.5 Å². The molecule has 1 atom stereocenters. The molecule has 60 valence electrons. The summed E-state index contributed by atoms with van der Waals surface area (Å²) in [5.74, 6) is 0.597. The highest BCUT2D eigenvalue weighted by atomic mass is 28.2. The van der Waals surface area contributed by atoms with E-state index in [0.29, 0.717) is 12.0 Å². The van der Waals surface area contributed by atoms with Crippen molar-refractivity contribution in [2.75, 3.05) is 0 Å². The average Bonchev–Trinajstić information content (AvgIpc) is 1.87. The normalized spacial score (nSPS) is 14.0. The van der Waals surface area contributed by atoms with E-state index in [0.717, 1.165) is 16.9 Å². The second-order valence-corrected chi connectivity index (χ2v) is 3.53. The molecule has 0 fully saturated rings. The van der Waals surface area contributed by atoms with E-state index in [1.54, 1.807) is 0 Å². The second kappa shape index (κ2) is 4.69. The number of hydrogen-bond acceptors (Lipinski definition) is 1. The van der Waals surface area contributed by atoms with Gasteiger partial charge in [-0.3, -0.25) is 0 Å². The zero-order valence-electron chi connectivity index (χ0n) is 7.48. The fourth-order valence-corrected chi connectivity index (χ4v) is 0.855. The Morgan fingerprint density at radius 1 is 1.50 bits per heavy atom. The zero-order chi connectivity index (χ0) is 8.15. The van der Waals surface area contributed by atoms with E-state index in [1.807, 2.05) is 0 Å². The Bertz CT molecular complexity index is 110. The molecule has 1 unspecified atom stereocenters. The Hall–Kier alpha value is -0.0831. The van der Waals surface area contributed by atoms with Crippen LogP contribution in [0.25, 0.3) is 0 Å². The van der Waals surface area contributed by atoms with E-state index >= 15 is 0 Å². The molecule has 0 aromatic rings. The van der Waals surface area contributed by atoms with Crippen molar-refractivity contribution in [2.24, 2.45) is 5.92 Å². The summed E-state index contributed by atoms with van der Waals surface area (Å²) in [6.07, 6.45) is 1.39. The molecule has 0 rings (SSSR count). The molecule has 0 amide bonds. The third-order valence-corrected chi connectivity index (χ3v) is 2.57. The molecule has 0 saturated carbocycles. The quantitative estimate of drug-likeness (QED) is 0.442. The molecule has 0 bridgehead atoms. The van der Waals surface area contributed by atoms with Gasteiger partial charge in [-0.25, -0.2) is 0 Å². The molecule has 0 aromatic heterocycles. The van der Waals surface area contributed by atoms with Gasteiger partial charge in [0.2, 0.25) is 0 Å². The van der Waals surface area contributed by atoms with Crippen molar-refractivity contribution < 1.29 is 4.43 Å². The van der Waals surface area contributed by atoms with Gasteiger partial charge in [0.25, 0.3) is 0 Å². The van der Waals surface area contributed by atoms with Gasteiger partial charge in [0.15, 0.2) is 0 Å². The van der Waals surface area contributed by atoms with E-state index < -0.39 is 0 Å². The highest BCUT2D eigenvalue weighted by Crippen LogP contribution is 2.14. The molecular weight excluding hydrogens is 140 g/mol. The SMILES string of the molecule is C=C(CC(C)O[SiH3])C(C)C. The highest BCUT2D eigenvalue weighted by molar-refractivity contribution is 5.98. The maximum atomic E-state index is 5.25. The number of hydrogen-bond donors (Lipinski definition) is 0. The lowest BCUT2D eigenvalue weighted by Gasteiger charge is -2.14. The number of rotatable bonds is 4. The molecule has 0 spiro atoms. The lowest BCUT2D eigenvalue weighted by atomic mass is 10.00. The first-order chi connectivity index (χ1) is 4.57. The minimum absolute atomic E-state index is 0.376. The summed E-state index contributed by atoms with van der Waals surface area (Å²) in [6, 6.07) is 0. The summed E-state index contributed by atoms with van der Waals surface area (Å²) in [4.78, 5) is 0. The standard InChI is InChI=1S/C8H18OSi/c1-6(2)7(3)5-8(4)9-10/h6,8H,3,5H2,1-2,4,10H3. The van der Waals surface area contributed by atoms with Crippen LogP contribution in [0.2, 0.25) is 0 Å². The molecule has 0 heterocycles. The maximum absolute atomic E-state index is 5.25. The molecule has 0 aliphatic heterocycles. The lowest BCUT2D eigenvalue weighted by Crippen LogP contribution is -2.08. The molecule has 0 radical (unpaired) electrons. The Morgan fingerprint density at radius 3 is 2.30 bits per heavy atom. The summed E-state index contributed by atoms with van der Waals surface area (Å²) in [6.45, 7) is 10.4. The Kier molecular flexibility index (Phi) is 4.65. The van der Waals surface area contributed by atoms with Gasteiger partial charge in [-0.05, 0) is 19.3 Å². The first-order valence-corrected chi connectivity index (χ1v) is 4.60. The van der Waals surface area contributed by atoms with Crippen molar-refractivity contribution in [3.05, 3.63) is 12.2 Å². The lowest BCUT2D eigenvalue weighted by molar-refractivity contribution is 0.240. The van der Waals surface area contributed by atoms with E-state index in [-0.39, 0.29) is 0 Å². The summed E-state index contributed by atoms with van der Waals surface area (Å²) < 4.78 is 5.25. The van der Waals surface area contributed by atoms with Crippen molar-refractivity contribution in [1.82, 2.24) is 0 Å². The van der Waals surface area contributed by atoms with Gasteiger partial charge >= 0.3 is 0 Å². The van der Waals surface area contributed by atoms with E-state index in [1.165, 1.54) is 5.57 Å². The molecular formula is C8H18OSi. The van der Waals surface area contributed by atoms with Crippen LogP contribution in [0.5, 0.6) is 0 Å². The van der Waals surface area contributed by atoms with Crippen molar-refractivity contribution >= 4 is 10.5 Å². The fraction of sp³-hybridized carbons (Fsp3) is 0.750. The molecule has 0 aromatic carbocycles. The third-order valence-electron chi connectivity index (χ3n) is 1.77. The molecule has 10 heavy (non-hydrogen) atoms. The molecule has 0 N–H and O–H groups in total. The van der Waals surface area contributed by atoms with Crippen LogP contribution in [0.4, 0.5) is 0 Å². The van der Waals surface area contributed by atoms with Gasteiger partial charge in [-0.15, -0.1) is 0 Å². The van der Waals surface area contributed by atoms with Crippen LogP contribution in [0.3, 0.4) is 0 Å². The van der Waals surface area contributed by atoms with Crippen molar-refractivity contribution in [3.8, 4) is 0 Å². The Morgan fingerprint density at radius 2 is 2.00 bits per heavy atom. The van der Waals surface area contributed by atoms with Gasteiger partial charge in [0, 0.05) is 6.10 Å². The monoisotopic (exact) mass is 158 g/mol. The van der Waals surface area contributed by atoms with E-state index in [9.17, 15) is 0 Å². The predicted octanol–water partition coefficient (Wildman–Crippen LogP) is 1.27. The summed E-state index contributed by atoms with van der Waals surface area (Å²) >= 11 is 0. The minimum Gasteiger partial charge on any atom is -0.425 e. The van der Waals surface area contributed by atoms with Crippen LogP contribution in [0, 0.1) is 5.92 Å². The van der Waals surface area contributed by atoms with Gasteiger partial charge in [0.05, 0.1) is 0 Å². The van der Waals surface area contributed by atoms with Crippen LogP contribution < -0.4 is 0 Å². The van der Waals surface area contributed by atoms with Crippen LogP contribution >= 0.6 is 0 Å². The first kappa shape index (κ1) is 9.92. The topological polar surface area (TPSA) is 9.23 Å². The van der Waals surface area contributed by atoms with E-state index in [4.69, 9.17) is 4.43 Å². The van der Waals surface area contributed by atoms with Gasteiger partial charge in [-0.1, -0.05) is 26.0 Å². The smallest absolute Gasteiger partial charge is 0.146 e. The van der Waals surface area contributed by atoms with Crippen LogP contribution in [0.15, 0.2) is 12.2 Å². The summed E-state index contributed by atoms with van der Waals surface area (Å²) in [5.41, 5.74) is 1.29. The average molecular weight is 158 g/mol. The fourth-order valence-electron chi connectivity index (χ4n) is 0.688. The minimum atomic E-state index is 0.376. The molecule has 1 nitrogen and oxygen atoms in total. The molecule has 0 saturated heterocycles. The van der Waals surface area contributed by atoms with Crippen LogP contribution in [-0.4, -0.2) is 16.6 Å². The first-order valence-electron chi connectivity index (χ1n) is 3.78. The molecule has 0 aliphatic rings. The molecule has 2 heteroatoms. The van der Waals surface area contributed by atoms with Crippen LogP contribution in [-0.2, 0) is 4.43 Å². The Labute approximate surface area is 67.0 Å². The Balaban J connectivity index is 3.57. The van der Waals surface area contributed by atoms with Crippen molar-refractivity contribution in [1.29, 1.82) is 0 Å². The van der Waals surface area contributed by atoms with Crippen molar-refractivity contribution in [2.45, 2.75) is 33.3 Å². The third kappa shape index (κ3) is 3.85. The van der Waals surface area contributed by atoms with E-state index in [2.05, 4.69) is 27.4 Å². The van der Waals surface area contributed by atoms with Crippen LogP contribution in [0.1, 0.15) is 27.2 Å². The molecule has 0 aliphatic carbocycles. The zero-order valence-corrected chi connectivity index (χ0v) is 9.48. The second-order valence-electron chi connectivity index (χ2n) is 3.06. The largest absolute Gasteiger partial charge is 0.425 e. The van der Waals surface area contributed by atoms with Gasteiger partial charge < -0.3 is 4.43 Å².